The molecule has 0 aliphatic heterocycles. The molecule has 2 rings (SSSR count). The van der Waals surface area contributed by atoms with E-state index in [-0.39, 0.29) is 12.3 Å². The molecule has 0 heterocycles. The topological polar surface area (TPSA) is 61.6 Å². The molecule has 2 aromatic rings. The fourth-order valence-electron chi connectivity index (χ4n) is 2.07. The number of non-ortho nitro benzene ring substituents is 1. The van der Waals surface area contributed by atoms with E-state index < -0.39 is 4.92 Å². The minimum Gasteiger partial charge on any atom is -0.496 e. The van der Waals surface area contributed by atoms with E-state index in [1.807, 2.05) is 32.0 Å². The van der Waals surface area contributed by atoms with Crippen LogP contribution >= 0.6 is 0 Å². The van der Waals surface area contributed by atoms with Crippen LogP contribution in [0.5, 0.6) is 11.5 Å². The standard InChI is InChI=1S/C16H17NO4/c1-11-4-5-16(12(2)6-11)21-10-13-7-14(17(18)19)9-15(8-13)20-3/h4-9H,10H2,1-3H3. The molecule has 0 aliphatic carbocycles. The van der Waals surface area contributed by atoms with Crippen molar-refractivity contribution < 1.29 is 14.4 Å². The zero-order valence-electron chi connectivity index (χ0n) is 12.3. The van der Waals surface area contributed by atoms with Crippen molar-refractivity contribution in [2.24, 2.45) is 0 Å². The molecule has 0 unspecified atom stereocenters. The number of hydrogen-bond acceptors (Lipinski definition) is 4. The second-order valence-electron chi connectivity index (χ2n) is 4.85. The molecule has 0 radical (unpaired) electrons. The number of nitro groups is 1. The Bertz CT molecular complexity index is 667. The first-order chi connectivity index (χ1) is 9.99. The van der Waals surface area contributed by atoms with Crippen molar-refractivity contribution in [3.63, 3.8) is 0 Å². The van der Waals surface area contributed by atoms with Crippen LogP contribution in [-0.2, 0) is 6.61 Å². The molecule has 0 N–H and O–H groups in total. The highest BCUT2D eigenvalue weighted by Crippen LogP contribution is 2.25. The van der Waals surface area contributed by atoms with Crippen LogP contribution in [0, 0.1) is 24.0 Å². The van der Waals surface area contributed by atoms with Crippen LogP contribution < -0.4 is 9.47 Å². The van der Waals surface area contributed by atoms with Gasteiger partial charge in [0, 0.05) is 6.07 Å². The number of benzene rings is 2. The molecule has 5 heteroatoms. The predicted octanol–water partition coefficient (Wildman–Crippen LogP) is 3.80. The first-order valence-electron chi connectivity index (χ1n) is 6.52. The summed E-state index contributed by atoms with van der Waals surface area (Å²) in [6, 6.07) is 10.5. The van der Waals surface area contributed by atoms with Crippen LogP contribution in [0.15, 0.2) is 36.4 Å². The third kappa shape index (κ3) is 3.72. The van der Waals surface area contributed by atoms with Crippen LogP contribution in [0.3, 0.4) is 0 Å². The molecule has 110 valence electrons. The second kappa shape index (κ2) is 6.26. The van der Waals surface area contributed by atoms with Crippen LogP contribution in [0.1, 0.15) is 16.7 Å². The molecule has 0 aromatic heterocycles. The highest BCUT2D eigenvalue weighted by atomic mass is 16.6. The number of methoxy groups -OCH3 is 1. The summed E-state index contributed by atoms with van der Waals surface area (Å²) in [5.41, 5.74) is 2.89. The molecule has 0 aliphatic rings. The third-order valence-electron chi connectivity index (χ3n) is 3.12. The molecule has 5 nitrogen and oxygen atoms in total. The minimum atomic E-state index is -0.441. The normalized spacial score (nSPS) is 10.2. The fraction of sp³-hybridized carbons (Fsp3) is 0.250. The zero-order valence-corrected chi connectivity index (χ0v) is 12.3. The van der Waals surface area contributed by atoms with E-state index >= 15 is 0 Å². The number of nitrogens with zero attached hydrogens (tertiary/aromatic N) is 1. The Morgan fingerprint density at radius 1 is 1.14 bits per heavy atom. The summed E-state index contributed by atoms with van der Waals surface area (Å²) in [7, 11) is 1.48. The molecule has 0 atom stereocenters. The first-order valence-corrected chi connectivity index (χ1v) is 6.52. The Kier molecular flexibility index (Phi) is 4.42. The maximum absolute atomic E-state index is 10.9. The fourth-order valence-corrected chi connectivity index (χ4v) is 2.07. The molecule has 0 saturated carbocycles. The van der Waals surface area contributed by atoms with Gasteiger partial charge in [-0.25, -0.2) is 0 Å². The van der Waals surface area contributed by atoms with Crippen LogP contribution in [0.2, 0.25) is 0 Å². The Morgan fingerprint density at radius 2 is 1.90 bits per heavy atom. The summed E-state index contributed by atoms with van der Waals surface area (Å²) >= 11 is 0. The van der Waals surface area contributed by atoms with E-state index in [0.29, 0.717) is 11.3 Å². The molecular formula is C16H17NO4. The van der Waals surface area contributed by atoms with Crippen LogP contribution in [0.4, 0.5) is 5.69 Å². The minimum absolute atomic E-state index is 0.00595. The highest BCUT2D eigenvalue weighted by molar-refractivity contribution is 5.43. The largest absolute Gasteiger partial charge is 0.496 e. The summed E-state index contributed by atoms with van der Waals surface area (Å²) in [5, 5.41) is 10.9. The van der Waals surface area contributed by atoms with Gasteiger partial charge in [-0.15, -0.1) is 0 Å². The lowest BCUT2D eigenvalue weighted by molar-refractivity contribution is -0.385. The van der Waals surface area contributed by atoms with E-state index in [1.54, 1.807) is 6.07 Å². The summed E-state index contributed by atoms with van der Waals surface area (Å²) in [6.45, 7) is 4.24. The van der Waals surface area contributed by atoms with Crippen molar-refractivity contribution in [3.05, 3.63) is 63.2 Å². The van der Waals surface area contributed by atoms with Gasteiger partial charge in [0.1, 0.15) is 18.1 Å². The average Bonchev–Trinajstić information content (AvgIpc) is 2.46. The van der Waals surface area contributed by atoms with Crippen LogP contribution in [-0.4, -0.2) is 12.0 Å². The van der Waals surface area contributed by atoms with Gasteiger partial charge in [-0.1, -0.05) is 17.7 Å². The van der Waals surface area contributed by atoms with Gasteiger partial charge >= 0.3 is 0 Å². The maximum atomic E-state index is 10.9. The van der Waals surface area contributed by atoms with Crippen molar-refractivity contribution in [2.75, 3.05) is 7.11 Å². The van der Waals surface area contributed by atoms with E-state index in [0.717, 1.165) is 16.9 Å². The van der Waals surface area contributed by atoms with Gasteiger partial charge in [0.05, 0.1) is 18.1 Å². The van der Waals surface area contributed by atoms with E-state index in [2.05, 4.69) is 0 Å². The summed E-state index contributed by atoms with van der Waals surface area (Å²) < 4.78 is 10.8. The summed E-state index contributed by atoms with van der Waals surface area (Å²) in [5.74, 6) is 1.22. The van der Waals surface area contributed by atoms with Gasteiger partial charge < -0.3 is 9.47 Å². The van der Waals surface area contributed by atoms with Crippen molar-refractivity contribution in [1.82, 2.24) is 0 Å². The maximum Gasteiger partial charge on any atom is 0.273 e. The lowest BCUT2D eigenvalue weighted by Crippen LogP contribution is -1.99. The highest BCUT2D eigenvalue weighted by Gasteiger charge is 2.11. The quantitative estimate of drug-likeness (QED) is 0.620. The predicted molar refractivity (Wildman–Crippen MR) is 79.9 cm³/mol. The molecule has 0 spiro atoms. The van der Waals surface area contributed by atoms with Gasteiger partial charge in [0.15, 0.2) is 0 Å². The van der Waals surface area contributed by atoms with Crippen molar-refractivity contribution in [2.45, 2.75) is 20.5 Å². The van der Waals surface area contributed by atoms with E-state index in [4.69, 9.17) is 9.47 Å². The van der Waals surface area contributed by atoms with Crippen molar-refractivity contribution in [1.29, 1.82) is 0 Å². The molecule has 0 saturated heterocycles. The average molecular weight is 287 g/mol. The summed E-state index contributed by atoms with van der Waals surface area (Å²) in [6.07, 6.45) is 0. The van der Waals surface area contributed by atoms with E-state index in [9.17, 15) is 10.1 Å². The Morgan fingerprint density at radius 3 is 2.52 bits per heavy atom. The van der Waals surface area contributed by atoms with Gasteiger partial charge in [-0.2, -0.15) is 0 Å². The Hall–Kier alpha value is -2.56. The lowest BCUT2D eigenvalue weighted by Gasteiger charge is -2.10. The molecule has 0 amide bonds. The van der Waals surface area contributed by atoms with Crippen molar-refractivity contribution in [3.8, 4) is 11.5 Å². The van der Waals surface area contributed by atoms with Gasteiger partial charge in [-0.05, 0) is 37.1 Å². The van der Waals surface area contributed by atoms with Crippen LogP contribution in [0.25, 0.3) is 0 Å². The van der Waals surface area contributed by atoms with E-state index in [1.165, 1.54) is 19.2 Å². The summed E-state index contributed by atoms with van der Waals surface area (Å²) in [4.78, 5) is 10.5. The van der Waals surface area contributed by atoms with Gasteiger partial charge in [-0.3, -0.25) is 10.1 Å². The smallest absolute Gasteiger partial charge is 0.273 e. The lowest BCUT2D eigenvalue weighted by atomic mass is 10.1. The third-order valence-corrected chi connectivity index (χ3v) is 3.12. The first kappa shape index (κ1) is 14.8. The SMILES string of the molecule is COc1cc(COc2ccc(C)cc2C)cc([N+](=O)[O-])c1. The van der Waals surface area contributed by atoms with Gasteiger partial charge in [0.25, 0.3) is 5.69 Å². The number of ether oxygens (including phenoxy) is 2. The second-order valence-corrected chi connectivity index (χ2v) is 4.85. The monoisotopic (exact) mass is 287 g/mol. The molecule has 0 bridgehead atoms. The van der Waals surface area contributed by atoms with Crippen molar-refractivity contribution >= 4 is 5.69 Å². The Balaban J connectivity index is 2.19. The molecule has 2 aromatic carbocycles. The number of aryl methyl sites for hydroxylation is 2. The Labute approximate surface area is 123 Å². The molecule has 0 fully saturated rings. The molecular weight excluding hydrogens is 270 g/mol. The molecule has 21 heavy (non-hydrogen) atoms. The zero-order chi connectivity index (χ0) is 15.4. The number of rotatable bonds is 5. The number of hydrogen-bond donors (Lipinski definition) is 0. The number of nitro benzene ring substituents is 1. The van der Waals surface area contributed by atoms with Gasteiger partial charge in [0.2, 0.25) is 0 Å².